The van der Waals surface area contributed by atoms with Crippen LogP contribution in [-0.2, 0) is 14.3 Å². The lowest BCUT2D eigenvalue weighted by Gasteiger charge is -2.19. The van der Waals surface area contributed by atoms with E-state index < -0.39 is 5.97 Å². The summed E-state index contributed by atoms with van der Waals surface area (Å²) >= 11 is 12.7. The van der Waals surface area contributed by atoms with Gasteiger partial charge >= 0.3 is 5.97 Å². The molecule has 35 heavy (non-hydrogen) atoms. The number of methoxy groups -OCH3 is 1. The van der Waals surface area contributed by atoms with Gasteiger partial charge in [-0.15, -0.1) is 0 Å². The molecular weight excluding hydrogens is 483 g/mol. The number of allylic oxidation sites excluding steroid dienone is 1. The number of nitrogens with zero attached hydrogens (tertiary/aromatic N) is 2. The number of hydrogen-bond donors (Lipinski definition) is 0. The van der Waals surface area contributed by atoms with Crippen molar-refractivity contribution < 1.29 is 14.3 Å². The highest BCUT2D eigenvalue weighted by Crippen LogP contribution is 2.38. The summed E-state index contributed by atoms with van der Waals surface area (Å²) in [5.74, 6) is -0.834. The second-order valence-corrected chi connectivity index (χ2v) is 9.52. The molecule has 4 rings (SSSR count). The summed E-state index contributed by atoms with van der Waals surface area (Å²) in [7, 11) is 1.32. The number of aromatic nitrogens is 1. The number of carbonyl (C=O) groups excluding carboxylic acids is 2. The fraction of sp³-hybridized carbons (Fsp3) is 0.214. The highest BCUT2D eigenvalue weighted by molar-refractivity contribution is 6.43. The topological polar surface area (TPSA) is 51.5 Å². The van der Waals surface area contributed by atoms with Gasteiger partial charge in [0.15, 0.2) is 0 Å². The van der Waals surface area contributed by atoms with Crippen LogP contribution >= 0.6 is 23.2 Å². The lowest BCUT2D eigenvalue weighted by atomic mass is 10.0. The van der Waals surface area contributed by atoms with Crippen LogP contribution in [0.15, 0.2) is 59.3 Å². The van der Waals surface area contributed by atoms with E-state index in [0.29, 0.717) is 21.4 Å². The first-order valence-electron chi connectivity index (χ1n) is 11.1. The van der Waals surface area contributed by atoms with Crippen molar-refractivity contribution in [3.8, 4) is 5.69 Å². The molecule has 7 heteroatoms. The van der Waals surface area contributed by atoms with Gasteiger partial charge in [-0.25, -0.2) is 4.79 Å². The summed E-state index contributed by atoms with van der Waals surface area (Å²) in [5.41, 5.74) is 7.14. The van der Waals surface area contributed by atoms with E-state index in [2.05, 4.69) is 0 Å². The van der Waals surface area contributed by atoms with E-state index in [-0.39, 0.29) is 17.1 Å². The molecule has 1 aliphatic heterocycles. The number of anilines is 1. The first kappa shape index (κ1) is 24.8. The molecule has 0 aliphatic carbocycles. The molecule has 0 bridgehead atoms. The minimum Gasteiger partial charge on any atom is -0.465 e. The molecule has 0 saturated heterocycles. The molecule has 0 N–H and O–H groups in total. The van der Waals surface area contributed by atoms with E-state index >= 15 is 0 Å². The summed E-state index contributed by atoms with van der Waals surface area (Å²) in [6.07, 6.45) is 1.75. The quantitative estimate of drug-likeness (QED) is 0.284. The molecule has 0 spiro atoms. The Kier molecular flexibility index (Phi) is 6.67. The number of ether oxygens (including phenoxy) is 1. The van der Waals surface area contributed by atoms with Gasteiger partial charge in [0.1, 0.15) is 0 Å². The Balaban J connectivity index is 1.88. The summed E-state index contributed by atoms with van der Waals surface area (Å²) in [4.78, 5) is 28.1. The number of rotatable bonds is 4. The van der Waals surface area contributed by atoms with Gasteiger partial charge in [0.05, 0.1) is 34.0 Å². The Morgan fingerprint density at radius 3 is 2.26 bits per heavy atom. The normalized spacial score (nSPS) is 14.9. The molecule has 0 saturated carbocycles. The summed E-state index contributed by atoms with van der Waals surface area (Å²) < 4.78 is 7.04. The van der Waals surface area contributed by atoms with Crippen LogP contribution in [0.25, 0.3) is 11.8 Å². The highest BCUT2D eigenvalue weighted by atomic mass is 35.5. The Morgan fingerprint density at radius 1 is 0.971 bits per heavy atom. The maximum atomic E-state index is 13.7. The number of aryl methyl sites for hydroxylation is 3. The molecule has 0 unspecified atom stereocenters. The second-order valence-electron chi connectivity index (χ2n) is 8.73. The number of amides is 1. The molecule has 5 nitrogen and oxygen atoms in total. The van der Waals surface area contributed by atoms with Crippen molar-refractivity contribution >= 4 is 46.8 Å². The number of halogens is 2. The largest absolute Gasteiger partial charge is 0.465 e. The standard InChI is InChI=1S/C28H26Cl2N2O3/c1-15-10-16(2)12-21(11-15)32-19(5)25(28(34)35-6)22(27(32)33)14-20-13-17(3)31(18(20)4)24-9-7-8-23(29)26(24)30/h7-14H,1-6H3/b22-14-. The van der Waals surface area contributed by atoms with Crippen molar-refractivity contribution in [3.05, 3.63) is 97.4 Å². The molecule has 1 aliphatic rings. The minimum absolute atomic E-state index is 0.252. The smallest absolute Gasteiger partial charge is 0.340 e. The van der Waals surface area contributed by atoms with Gasteiger partial charge < -0.3 is 9.30 Å². The Morgan fingerprint density at radius 2 is 1.63 bits per heavy atom. The van der Waals surface area contributed by atoms with E-state index in [1.165, 1.54) is 7.11 Å². The minimum atomic E-state index is -0.555. The van der Waals surface area contributed by atoms with Gasteiger partial charge in [0, 0.05) is 22.8 Å². The molecule has 2 aromatic carbocycles. The van der Waals surface area contributed by atoms with E-state index in [1.807, 2.05) is 68.7 Å². The maximum absolute atomic E-state index is 13.7. The van der Waals surface area contributed by atoms with Crippen LogP contribution in [0.1, 0.15) is 35.0 Å². The first-order valence-corrected chi connectivity index (χ1v) is 11.9. The average molecular weight is 509 g/mol. The zero-order chi connectivity index (χ0) is 25.6. The van der Waals surface area contributed by atoms with Gasteiger partial charge in [0.2, 0.25) is 0 Å². The van der Waals surface area contributed by atoms with E-state index in [0.717, 1.165) is 33.8 Å². The van der Waals surface area contributed by atoms with Crippen molar-refractivity contribution in [1.82, 2.24) is 4.57 Å². The first-order chi connectivity index (χ1) is 16.5. The third-order valence-electron chi connectivity index (χ3n) is 6.20. The zero-order valence-corrected chi connectivity index (χ0v) is 22.0. The summed E-state index contributed by atoms with van der Waals surface area (Å²) in [6, 6.07) is 13.3. The Hall–Kier alpha value is -3.28. The number of esters is 1. The van der Waals surface area contributed by atoms with Crippen molar-refractivity contribution in [1.29, 1.82) is 0 Å². The Bertz CT molecular complexity index is 1430. The average Bonchev–Trinajstić information content (AvgIpc) is 3.20. The molecule has 1 amide bonds. The monoisotopic (exact) mass is 508 g/mol. The van der Waals surface area contributed by atoms with E-state index in [9.17, 15) is 9.59 Å². The fourth-order valence-corrected chi connectivity index (χ4v) is 5.08. The number of benzene rings is 2. The zero-order valence-electron chi connectivity index (χ0n) is 20.5. The van der Waals surface area contributed by atoms with Crippen LogP contribution in [0, 0.1) is 27.7 Å². The molecule has 0 fully saturated rings. The van der Waals surface area contributed by atoms with E-state index in [1.54, 1.807) is 24.0 Å². The van der Waals surface area contributed by atoms with Crippen LogP contribution in [0.2, 0.25) is 10.0 Å². The molecule has 1 aromatic heterocycles. The predicted molar refractivity (Wildman–Crippen MR) is 141 cm³/mol. The molecule has 0 radical (unpaired) electrons. The molecule has 3 aromatic rings. The van der Waals surface area contributed by atoms with Crippen LogP contribution in [0.3, 0.4) is 0 Å². The third kappa shape index (κ3) is 4.30. The van der Waals surface area contributed by atoms with Crippen LogP contribution in [0.4, 0.5) is 5.69 Å². The summed E-state index contributed by atoms with van der Waals surface area (Å²) in [5, 5.41) is 0.900. The molecule has 180 valence electrons. The predicted octanol–water partition coefficient (Wildman–Crippen LogP) is 6.89. The van der Waals surface area contributed by atoms with Crippen LogP contribution < -0.4 is 4.90 Å². The van der Waals surface area contributed by atoms with Crippen LogP contribution in [-0.4, -0.2) is 23.6 Å². The van der Waals surface area contributed by atoms with Crippen molar-refractivity contribution in [2.75, 3.05) is 12.0 Å². The van der Waals surface area contributed by atoms with Crippen molar-refractivity contribution in [2.24, 2.45) is 0 Å². The third-order valence-corrected chi connectivity index (χ3v) is 7.01. The summed E-state index contributed by atoms with van der Waals surface area (Å²) in [6.45, 7) is 9.60. The van der Waals surface area contributed by atoms with Gasteiger partial charge in [0.25, 0.3) is 5.91 Å². The molecular formula is C28H26Cl2N2O3. The Labute approximate surface area is 215 Å². The van der Waals surface area contributed by atoms with Gasteiger partial charge in [-0.3, -0.25) is 9.69 Å². The van der Waals surface area contributed by atoms with Gasteiger partial charge in [-0.1, -0.05) is 35.3 Å². The van der Waals surface area contributed by atoms with Gasteiger partial charge in [-0.2, -0.15) is 0 Å². The maximum Gasteiger partial charge on any atom is 0.340 e. The number of carbonyl (C=O) groups is 2. The lowest BCUT2D eigenvalue weighted by Crippen LogP contribution is -2.24. The van der Waals surface area contributed by atoms with Crippen LogP contribution in [0.5, 0.6) is 0 Å². The number of hydrogen-bond acceptors (Lipinski definition) is 3. The SMILES string of the molecule is COC(=O)C1=C(C)N(c2cc(C)cc(C)c2)C(=O)/C1=C\c1cc(C)n(-c2cccc(Cl)c2Cl)c1C. The van der Waals surface area contributed by atoms with Gasteiger partial charge in [-0.05, 0) is 87.7 Å². The van der Waals surface area contributed by atoms with Crippen molar-refractivity contribution in [3.63, 3.8) is 0 Å². The fourth-order valence-electron chi connectivity index (χ4n) is 4.70. The molecule has 2 heterocycles. The van der Waals surface area contributed by atoms with Crippen molar-refractivity contribution in [2.45, 2.75) is 34.6 Å². The van der Waals surface area contributed by atoms with E-state index in [4.69, 9.17) is 27.9 Å². The highest BCUT2D eigenvalue weighted by Gasteiger charge is 2.38. The lowest BCUT2D eigenvalue weighted by molar-refractivity contribution is -0.136. The second kappa shape index (κ2) is 9.40. The molecule has 0 atom stereocenters.